The van der Waals surface area contributed by atoms with Gasteiger partial charge < -0.3 is 5.32 Å². The Hall–Kier alpha value is -2.89. The maximum absolute atomic E-state index is 12.5. The molecule has 1 amide bonds. The van der Waals surface area contributed by atoms with E-state index in [1.165, 1.54) is 28.7 Å². The van der Waals surface area contributed by atoms with E-state index in [9.17, 15) is 10.1 Å². The predicted octanol–water partition coefficient (Wildman–Crippen LogP) is 7.78. The first-order valence-electron chi connectivity index (χ1n) is 11.8. The lowest BCUT2D eigenvalue weighted by atomic mass is 9.82. The molecule has 9 heteroatoms. The number of nitrogens with one attached hydrogen (secondary N) is 1. The van der Waals surface area contributed by atoms with Crippen molar-refractivity contribution in [1.82, 2.24) is 9.97 Å². The Morgan fingerprint density at radius 3 is 2.78 bits per heavy atom. The van der Waals surface area contributed by atoms with Gasteiger partial charge in [-0.15, -0.1) is 23.1 Å². The van der Waals surface area contributed by atoms with Crippen LogP contribution in [0.5, 0.6) is 0 Å². The Balaban J connectivity index is 1.18. The molecular formula is C28H22Cl2N4OS2. The number of nitriles is 1. The number of rotatable bonds is 7. The molecule has 0 bridgehead atoms. The van der Waals surface area contributed by atoms with Crippen molar-refractivity contribution < 1.29 is 4.79 Å². The number of carbonyl (C=O) groups is 1. The summed E-state index contributed by atoms with van der Waals surface area (Å²) in [7, 11) is 0. The highest BCUT2D eigenvalue weighted by atomic mass is 35.5. The molecule has 0 saturated heterocycles. The molecule has 1 unspecified atom stereocenters. The van der Waals surface area contributed by atoms with E-state index in [1.807, 2.05) is 23.6 Å². The van der Waals surface area contributed by atoms with E-state index in [0.29, 0.717) is 43.1 Å². The van der Waals surface area contributed by atoms with Crippen molar-refractivity contribution in [3.63, 3.8) is 0 Å². The number of benzene rings is 2. The van der Waals surface area contributed by atoms with Crippen molar-refractivity contribution in [2.45, 2.75) is 36.6 Å². The maximum atomic E-state index is 12.5. The Bertz CT molecular complexity index is 1480. The highest BCUT2D eigenvalue weighted by Gasteiger charge is 2.23. The topological polar surface area (TPSA) is 78.7 Å². The van der Waals surface area contributed by atoms with Crippen LogP contribution in [0.3, 0.4) is 0 Å². The van der Waals surface area contributed by atoms with E-state index >= 15 is 0 Å². The second-order valence-electron chi connectivity index (χ2n) is 8.72. The minimum Gasteiger partial charge on any atom is -0.302 e. The summed E-state index contributed by atoms with van der Waals surface area (Å²) >= 11 is 15.0. The van der Waals surface area contributed by atoms with Crippen molar-refractivity contribution in [1.29, 1.82) is 5.26 Å². The molecule has 1 N–H and O–H groups in total. The molecule has 2 heterocycles. The number of thioether (sulfide) groups is 1. The van der Waals surface area contributed by atoms with Crippen LogP contribution in [0.4, 0.5) is 5.13 Å². The zero-order chi connectivity index (χ0) is 25.8. The summed E-state index contributed by atoms with van der Waals surface area (Å²) in [5.74, 6) is 0.823. The largest absolute Gasteiger partial charge is 0.302 e. The number of hydrogen-bond donors (Lipinski definition) is 1. The van der Waals surface area contributed by atoms with Gasteiger partial charge in [-0.1, -0.05) is 53.5 Å². The van der Waals surface area contributed by atoms with Gasteiger partial charge >= 0.3 is 0 Å². The molecule has 2 aromatic carbocycles. The highest BCUT2D eigenvalue weighted by molar-refractivity contribution is 7.99. The molecule has 4 aromatic rings. The average Bonchev–Trinajstić information content (AvgIpc) is 3.36. The normalized spacial score (nSPS) is 14.6. The summed E-state index contributed by atoms with van der Waals surface area (Å²) in [6.07, 6.45) is 3.10. The van der Waals surface area contributed by atoms with Crippen molar-refractivity contribution in [3.8, 4) is 17.3 Å². The van der Waals surface area contributed by atoms with Gasteiger partial charge in [0.1, 0.15) is 11.1 Å². The first kappa shape index (κ1) is 25.7. The van der Waals surface area contributed by atoms with Gasteiger partial charge in [-0.25, -0.2) is 9.97 Å². The first-order valence-corrected chi connectivity index (χ1v) is 14.4. The van der Waals surface area contributed by atoms with E-state index in [4.69, 9.17) is 28.2 Å². The Kier molecular flexibility index (Phi) is 8.11. The summed E-state index contributed by atoms with van der Waals surface area (Å²) in [6, 6.07) is 20.0. The Labute approximate surface area is 233 Å². The van der Waals surface area contributed by atoms with Crippen LogP contribution in [0.25, 0.3) is 11.3 Å². The fourth-order valence-corrected chi connectivity index (χ4v) is 6.57. The number of hydrogen-bond acceptors (Lipinski definition) is 6. The van der Waals surface area contributed by atoms with Gasteiger partial charge in [-0.3, -0.25) is 4.79 Å². The second-order valence-corrected chi connectivity index (χ2v) is 11.5. The predicted molar refractivity (Wildman–Crippen MR) is 152 cm³/mol. The van der Waals surface area contributed by atoms with Gasteiger partial charge in [0, 0.05) is 33.8 Å². The van der Waals surface area contributed by atoms with E-state index in [0.717, 1.165) is 36.1 Å². The first-order chi connectivity index (χ1) is 18.0. The zero-order valence-electron chi connectivity index (χ0n) is 19.7. The third-order valence-corrected chi connectivity index (χ3v) is 8.57. The lowest BCUT2D eigenvalue weighted by Gasteiger charge is -2.25. The van der Waals surface area contributed by atoms with Crippen molar-refractivity contribution in [3.05, 3.63) is 92.4 Å². The average molecular weight is 566 g/mol. The van der Waals surface area contributed by atoms with Crippen LogP contribution in [-0.2, 0) is 17.6 Å². The lowest BCUT2D eigenvalue weighted by Crippen LogP contribution is -2.15. The smallest absolute Gasteiger partial charge is 0.226 e. The fraction of sp³-hybridized carbons (Fsp3) is 0.214. The molecule has 1 aliphatic carbocycles. The number of pyridine rings is 1. The fourth-order valence-electron chi connectivity index (χ4n) is 4.42. The molecule has 0 aliphatic heterocycles. The van der Waals surface area contributed by atoms with Crippen LogP contribution in [0, 0.1) is 11.3 Å². The number of aryl methyl sites for hydroxylation is 1. The summed E-state index contributed by atoms with van der Waals surface area (Å²) in [5, 5.41) is 16.7. The number of anilines is 1. The molecule has 1 atom stereocenters. The molecule has 0 saturated carbocycles. The number of halogens is 2. The standard InChI is InChI=1S/C28H22Cl2N4OS2/c29-21-7-8-22(23(30)14-21)25-16-37-28(33-25)34-26(35)10-11-36-27-20(15-31)13-19-12-18(6-9-24(19)32-27)17-4-2-1-3-5-17/h1-5,7-8,13-14,16,18H,6,9-12H2,(H,33,34,35). The number of nitrogens with zero attached hydrogens (tertiary/aromatic N) is 3. The molecule has 37 heavy (non-hydrogen) atoms. The van der Waals surface area contributed by atoms with Gasteiger partial charge in [-0.2, -0.15) is 5.26 Å². The Morgan fingerprint density at radius 2 is 2.00 bits per heavy atom. The number of thiazole rings is 1. The number of fused-ring (bicyclic) bond motifs is 1. The van der Waals surface area contributed by atoms with E-state index in [-0.39, 0.29) is 12.3 Å². The van der Waals surface area contributed by atoms with Crippen LogP contribution < -0.4 is 5.32 Å². The minimum absolute atomic E-state index is 0.141. The van der Waals surface area contributed by atoms with E-state index in [2.05, 4.69) is 40.6 Å². The highest BCUT2D eigenvalue weighted by Crippen LogP contribution is 2.35. The SMILES string of the molecule is N#Cc1cc2c(nc1SCCC(=O)Nc1nc(-c3ccc(Cl)cc3Cl)cs1)CCC(c1ccccc1)C2. The van der Waals surface area contributed by atoms with E-state index < -0.39 is 0 Å². The van der Waals surface area contributed by atoms with Crippen molar-refractivity contribution in [2.24, 2.45) is 0 Å². The third-order valence-electron chi connectivity index (χ3n) is 6.27. The third kappa shape index (κ3) is 6.16. The molecule has 5 nitrogen and oxygen atoms in total. The van der Waals surface area contributed by atoms with Crippen LogP contribution >= 0.6 is 46.3 Å². The van der Waals surface area contributed by atoms with Crippen LogP contribution in [0.1, 0.15) is 41.1 Å². The van der Waals surface area contributed by atoms with Gasteiger partial charge in [0.15, 0.2) is 5.13 Å². The molecule has 186 valence electrons. The Morgan fingerprint density at radius 1 is 1.16 bits per heavy atom. The molecule has 0 fully saturated rings. The quantitative estimate of drug-likeness (QED) is 0.232. The van der Waals surface area contributed by atoms with Gasteiger partial charge in [0.2, 0.25) is 5.91 Å². The van der Waals surface area contributed by atoms with Crippen molar-refractivity contribution >= 4 is 57.3 Å². The van der Waals surface area contributed by atoms with Crippen LogP contribution in [0.2, 0.25) is 10.0 Å². The number of amides is 1. The van der Waals surface area contributed by atoms with E-state index in [1.54, 1.807) is 12.1 Å². The molecule has 0 radical (unpaired) electrons. The molecule has 0 spiro atoms. The second kappa shape index (κ2) is 11.7. The summed E-state index contributed by atoms with van der Waals surface area (Å²) in [6.45, 7) is 0. The maximum Gasteiger partial charge on any atom is 0.226 e. The number of carbonyl (C=O) groups excluding carboxylic acids is 1. The van der Waals surface area contributed by atoms with Gasteiger partial charge in [0.25, 0.3) is 0 Å². The zero-order valence-corrected chi connectivity index (χ0v) is 22.9. The number of aromatic nitrogens is 2. The van der Waals surface area contributed by atoms with Crippen LogP contribution in [-0.4, -0.2) is 21.6 Å². The monoisotopic (exact) mass is 564 g/mol. The molecular weight excluding hydrogens is 543 g/mol. The van der Waals surface area contributed by atoms with Gasteiger partial charge in [0.05, 0.1) is 16.3 Å². The minimum atomic E-state index is -0.141. The molecule has 2 aromatic heterocycles. The summed E-state index contributed by atoms with van der Waals surface area (Å²) in [4.78, 5) is 21.8. The summed E-state index contributed by atoms with van der Waals surface area (Å²) < 4.78 is 0. The molecule has 5 rings (SSSR count). The van der Waals surface area contributed by atoms with Crippen LogP contribution in [0.15, 0.2) is 65.0 Å². The summed E-state index contributed by atoms with van der Waals surface area (Å²) in [5.41, 5.74) is 5.56. The van der Waals surface area contributed by atoms with Gasteiger partial charge in [-0.05, 0) is 60.6 Å². The lowest BCUT2D eigenvalue weighted by molar-refractivity contribution is -0.115. The molecule has 1 aliphatic rings. The van der Waals surface area contributed by atoms with Crippen molar-refractivity contribution in [2.75, 3.05) is 11.1 Å².